The van der Waals surface area contributed by atoms with Crippen LogP contribution in [0.4, 0.5) is 0 Å². The fourth-order valence-corrected chi connectivity index (χ4v) is 7.01. The van der Waals surface area contributed by atoms with E-state index in [4.69, 9.17) is 20.4 Å². The monoisotopic (exact) mass is 629 g/mol. The van der Waals surface area contributed by atoms with Crippen LogP contribution in [-0.4, -0.2) is 73.8 Å². The first kappa shape index (κ1) is 32.0. The van der Waals surface area contributed by atoms with Crippen LogP contribution >= 0.6 is 0 Å². The van der Waals surface area contributed by atoms with Crippen molar-refractivity contribution in [1.29, 1.82) is 0 Å². The van der Waals surface area contributed by atoms with E-state index in [0.717, 1.165) is 72.4 Å². The molecular weight excluding hydrogens is 582 g/mol. The van der Waals surface area contributed by atoms with E-state index in [1.54, 1.807) is 18.1 Å². The molecule has 2 aliphatic heterocycles. The number of aliphatic hydroxyl groups is 1. The minimum Gasteiger partial charge on any atom is -0.494 e. The number of aliphatic hydroxyl groups excluding tert-OH is 1. The van der Waals surface area contributed by atoms with Crippen LogP contribution in [0.1, 0.15) is 81.4 Å². The van der Waals surface area contributed by atoms with Crippen LogP contribution in [0.2, 0.25) is 0 Å². The summed E-state index contributed by atoms with van der Waals surface area (Å²) >= 11 is 0. The van der Waals surface area contributed by atoms with Gasteiger partial charge in [-0.3, -0.25) is 9.59 Å². The highest BCUT2D eigenvalue weighted by atomic mass is 16.5. The first-order valence-electron chi connectivity index (χ1n) is 16.5. The molecule has 3 aromatic heterocycles. The van der Waals surface area contributed by atoms with Gasteiger partial charge in [-0.05, 0) is 56.5 Å². The Morgan fingerprint density at radius 2 is 1.91 bits per heavy atom. The van der Waals surface area contributed by atoms with Crippen molar-refractivity contribution >= 4 is 33.9 Å². The van der Waals surface area contributed by atoms with Crippen LogP contribution in [0.3, 0.4) is 0 Å². The van der Waals surface area contributed by atoms with E-state index in [9.17, 15) is 14.7 Å². The predicted octanol–water partition coefficient (Wildman–Crippen LogP) is 4.55. The quantitative estimate of drug-likeness (QED) is 0.301. The van der Waals surface area contributed by atoms with E-state index in [1.807, 2.05) is 44.5 Å². The van der Waals surface area contributed by atoms with E-state index >= 15 is 0 Å². The molecule has 1 saturated heterocycles. The molecule has 2 amide bonds. The Kier molecular flexibility index (Phi) is 8.82. The summed E-state index contributed by atoms with van der Waals surface area (Å²) in [5, 5.41) is 13.8. The molecule has 4 N–H and O–H groups in total. The molecule has 0 unspecified atom stereocenters. The van der Waals surface area contributed by atoms with Gasteiger partial charge in [-0.2, -0.15) is 0 Å². The second-order valence-corrected chi connectivity index (χ2v) is 13.8. The molecule has 0 radical (unpaired) electrons. The van der Waals surface area contributed by atoms with Crippen molar-refractivity contribution in [3.8, 4) is 17.3 Å². The van der Waals surface area contributed by atoms with Crippen molar-refractivity contribution in [2.24, 2.45) is 24.1 Å². The first-order valence-corrected chi connectivity index (χ1v) is 16.5. The number of nitrogens with zero attached hydrogens (tertiary/aromatic N) is 5. The van der Waals surface area contributed by atoms with Crippen LogP contribution in [-0.2, 0) is 18.4 Å². The number of carbonyl (C=O) groups excluding carboxylic acids is 2. The third-order valence-corrected chi connectivity index (χ3v) is 10.1. The molecule has 1 aromatic carbocycles. The normalized spacial score (nSPS) is 22.6. The topological polar surface area (TPSA) is 141 Å². The molecule has 246 valence electrons. The number of hydrogen-bond donors (Lipinski definition) is 3. The number of aryl methyl sites for hydroxylation is 2. The Morgan fingerprint density at radius 1 is 1.13 bits per heavy atom. The highest BCUT2D eigenvalue weighted by Gasteiger charge is 2.31. The lowest BCUT2D eigenvalue weighted by Crippen LogP contribution is -2.51. The van der Waals surface area contributed by atoms with Crippen LogP contribution in [0.25, 0.3) is 33.6 Å². The van der Waals surface area contributed by atoms with Gasteiger partial charge in [0.15, 0.2) is 5.82 Å². The van der Waals surface area contributed by atoms with E-state index in [-0.39, 0.29) is 36.4 Å². The molecule has 46 heavy (non-hydrogen) atoms. The fourth-order valence-electron chi connectivity index (χ4n) is 7.01. The number of imidazole rings is 1. The van der Waals surface area contributed by atoms with Crippen LogP contribution < -0.4 is 15.8 Å². The number of carbonyl (C=O) groups is 2. The SMILES string of the molecule is COc1cc(C(=O)N2CC[C@@H](CO)[C@@H](N)C2)cc2nc(-c3cc4ccc5nc4n3CCCCCCC(C)(C)C(=O)N[C@@H]5C)n(C)c12. The van der Waals surface area contributed by atoms with Crippen molar-refractivity contribution in [3.63, 3.8) is 0 Å². The molecule has 5 heterocycles. The third-order valence-electron chi connectivity index (χ3n) is 10.1. The van der Waals surface area contributed by atoms with Crippen molar-refractivity contribution in [2.45, 2.75) is 77.9 Å². The predicted molar refractivity (Wildman–Crippen MR) is 178 cm³/mol. The smallest absolute Gasteiger partial charge is 0.254 e. The minimum absolute atomic E-state index is 0.00244. The number of fused-ring (bicyclic) bond motifs is 2. The number of methoxy groups -OCH3 is 1. The number of piperidine rings is 1. The Morgan fingerprint density at radius 3 is 2.65 bits per heavy atom. The van der Waals surface area contributed by atoms with Gasteiger partial charge in [0.2, 0.25) is 5.91 Å². The van der Waals surface area contributed by atoms with E-state index < -0.39 is 5.41 Å². The Hall–Kier alpha value is -3.96. The molecule has 2 bridgehead atoms. The number of aromatic nitrogens is 4. The maximum atomic E-state index is 13.6. The summed E-state index contributed by atoms with van der Waals surface area (Å²) < 4.78 is 10.1. The number of pyridine rings is 1. The Balaban J connectivity index is 1.41. The average molecular weight is 630 g/mol. The maximum absolute atomic E-state index is 13.6. The van der Waals surface area contributed by atoms with Gasteiger partial charge in [-0.15, -0.1) is 0 Å². The summed E-state index contributed by atoms with van der Waals surface area (Å²) in [4.78, 5) is 38.7. The van der Waals surface area contributed by atoms with Crippen molar-refractivity contribution in [3.05, 3.63) is 41.6 Å². The molecule has 4 aromatic rings. The molecule has 2 aliphatic rings. The molecule has 0 saturated carbocycles. The summed E-state index contributed by atoms with van der Waals surface area (Å²) in [5.74, 6) is 1.26. The highest BCUT2D eigenvalue weighted by molar-refractivity contribution is 6.00. The molecule has 11 nitrogen and oxygen atoms in total. The van der Waals surface area contributed by atoms with Crippen LogP contribution in [0.5, 0.6) is 5.75 Å². The lowest BCUT2D eigenvalue weighted by molar-refractivity contribution is -0.130. The van der Waals surface area contributed by atoms with E-state index in [2.05, 4.69) is 22.0 Å². The molecular formula is C35H47N7O4. The van der Waals surface area contributed by atoms with E-state index in [1.165, 1.54) is 0 Å². The molecule has 0 aliphatic carbocycles. The number of likely N-dealkylation sites (tertiary alicyclic amines) is 1. The zero-order valence-electron chi connectivity index (χ0n) is 27.7. The van der Waals surface area contributed by atoms with Crippen molar-refractivity contribution in [2.75, 3.05) is 26.8 Å². The summed E-state index contributed by atoms with van der Waals surface area (Å²) in [6.45, 7) is 7.79. The van der Waals surface area contributed by atoms with Crippen molar-refractivity contribution < 1.29 is 19.4 Å². The molecule has 0 spiro atoms. The van der Waals surface area contributed by atoms with Gasteiger partial charge in [-0.1, -0.05) is 33.1 Å². The van der Waals surface area contributed by atoms with Gasteiger partial charge in [0.1, 0.15) is 16.9 Å². The Bertz CT molecular complexity index is 1770. The van der Waals surface area contributed by atoms with E-state index in [0.29, 0.717) is 36.3 Å². The zero-order valence-corrected chi connectivity index (χ0v) is 27.7. The van der Waals surface area contributed by atoms with Gasteiger partial charge < -0.3 is 34.9 Å². The van der Waals surface area contributed by atoms with Crippen LogP contribution in [0.15, 0.2) is 30.3 Å². The van der Waals surface area contributed by atoms with Gasteiger partial charge >= 0.3 is 0 Å². The van der Waals surface area contributed by atoms with Crippen LogP contribution in [0, 0.1) is 11.3 Å². The maximum Gasteiger partial charge on any atom is 0.254 e. The van der Waals surface area contributed by atoms with Gasteiger partial charge in [0.05, 0.1) is 30.1 Å². The standard InChI is InChI=1S/C35H47N7O4/c1-21-26-11-10-22-17-28(42(31(22)38-26)14-9-7-6-8-13-35(2,3)34(45)37-21)32-39-27-16-24(18-29(46-5)30(27)40(32)4)33(44)41-15-12-23(20-43)25(36)19-41/h10-11,16-18,21,23,25,43H,6-9,12-15,19-20,36H2,1-5H3,(H,37,45)/t21-,23+,25+/m1/s1. The number of amides is 2. The third kappa shape index (κ3) is 5.86. The lowest BCUT2D eigenvalue weighted by Gasteiger charge is -2.36. The minimum atomic E-state index is -0.425. The number of nitrogens with two attached hydrogens (primary N) is 1. The molecule has 6 rings (SSSR count). The number of hydrogen-bond acceptors (Lipinski definition) is 7. The number of benzene rings is 1. The summed E-state index contributed by atoms with van der Waals surface area (Å²) in [7, 11) is 3.58. The number of ether oxygens (including phenoxy) is 1. The van der Waals surface area contributed by atoms with Crippen molar-refractivity contribution in [1.82, 2.24) is 29.3 Å². The second kappa shape index (κ2) is 12.7. The average Bonchev–Trinajstić information content (AvgIpc) is 3.57. The summed E-state index contributed by atoms with van der Waals surface area (Å²) in [5.41, 5.74) is 10.4. The lowest BCUT2D eigenvalue weighted by atomic mass is 9.85. The highest BCUT2D eigenvalue weighted by Crippen LogP contribution is 2.35. The molecule has 11 heteroatoms. The second-order valence-electron chi connectivity index (χ2n) is 13.8. The molecule has 3 atom stereocenters. The largest absolute Gasteiger partial charge is 0.494 e. The Labute approximate surface area is 270 Å². The molecule has 1 fully saturated rings. The number of nitrogens with one attached hydrogen (secondary N) is 1. The van der Waals surface area contributed by atoms with Gasteiger partial charge in [0, 0.05) is 61.6 Å². The zero-order chi connectivity index (χ0) is 32.7. The number of rotatable bonds is 4. The fraction of sp³-hybridized carbons (Fsp3) is 0.543. The summed E-state index contributed by atoms with van der Waals surface area (Å²) in [6, 6.07) is 9.31. The summed E-state index contributed by atoms with van der Waals surface area (Å²) in [6.07, 6.45) is 5.60. The first-order chi connectivity index (χ1) is 22.0. The van der Waals surface area contributed by atoms with Gasteiger partial charge in [-0.25, -0.2) is 9.97 Å². The van der Waals surface area contributed by atoms with Gasteiger partial charge in [0.25, 0.3) is 5.91 Å².